The highest BCUT2D eigenvalue weighted by molar-refractivity contribution is 7.92. The fourth-order valence-electron chi connectivity index (χ4n) is 2.19. The third-order valence-electron chi connectivity index (χ3n) is 3.36. The van der Waals surface area contributed by atoms with Gasteiger partial charge in [0, 0.05) is 12.1 Å². The summed E-state index contributed by atoms with van der Waals surface area (Å²) in [6.45, 7) is 0.578. The molecular weight excluding hydrogens is 360 g/mol. The van der Waals surface area contributed by atoms with E-state index in [9.17, 15) is 22.0 Å². The molecule has 2 aromatic rings. The molecule has 2 aromatic carbocycles. The van der Waals surface area contributed by atoms with Crippen LogP contribution in [0.3, 0.4) is 0 Å². The van der Waals surface area contributed by atoms with E-state index < -0.39 is 38.9 Å². The molecule has 132 valence electrons. The van der Waals surface area contributed by atoms with Gasteiger partial charge in [-0.05, 0) is 18.2 Å². The number of aromatic carboxylic acids is 1. The first-order chi connectivity index (χ1) is 11.8. The van der Waals surface area contributed by atoms with Gasteiger partial charge >= 0.3 is 5.97 Å². The second-order valence-electron chi connectivity index (χ2n) is 5.03. The molecule has 0 aromatic heterocycles. The summed E-state index contributed by atoms with van der Waals surface area (Å²) >= 11 is 0. The van der Waals surface area contributed by atoms with Crippen LogP contribution in [0.5, 0.6) is 11.5 Å². The average Bonchev–Trinajstić information content (AvgIpc) is 2.56. The van der Waals surface area contributed by atoms with Gasteiger partial charge < -0.3 is 14.6 Å². The molecule has 1 aliphatic heterocycles. The van der Waals surface area contributed by atoms with E-state index in [0.717, 1.165) is 0 Å². The zero-order chi connectivity index (χ0) is 18.2. The van der Waals surface area contributed by atoms with E-state index in [1.165, 1.54) is 18.2 Å². The normalized spacial score (nSPS) is 13.4. The number of carboxylic acids is 1. The van der Waals surface area contributed by atoms with Crippen molar-refractivity contribution in [3.05, 3.63) is 47.5 Å². The topological polar surface area (TPSA) is 102 Å². The zero-order valence-electron chi connectivity index (χ0n) is 12.5. The lowest BCUT2D eigenvalue weighted by atomic mass is 10.2. The maximum absolute atomic E-state index is 13.8. The van der Waals surface area contributed by atoms with E-state index in [2.05, 4.69) is 0 Å². The van der Waals surface area contributed by atoms with Crippen LogP contribution in [-0.2, 0) is 10.0 Å². The number of benzene rings is 2. The first-order valence-electron chi connectivity index (χ1n) is 6.93. The van der Waals surface area contributed by atoms with Gasteiger partial charge in [0.25, 0.3) is 10.0 Å². The molecule has 1 heterocycles. The second kappa shape index (κ2) is 6.20. The monoisotopic (exact) mass is 371 g/mol. The van der Waals surface area contributed by atoms with Crippen LogP contribution >= 0.6 is 0 Å². The molecule has 10 heteroatoms. The van der Waals surface area contributed by atoms with Crippen molar-refractivity contribution < 1.29 is 36.6 Å². The van der Waals surface area contributed by atoms with Crippen LogP contribution in [0.25, 0.3) is 0 Å². The van der Waals surface area contributed by atoms with Crippen LogP contribution in [-0.4, -0.2) is 32.7 Å². The molecule has 0 amide bonds. The fourth-order valence-corrected chi connectivity index (χ4v) is 3.26. The molecule has 25 heavy (non-hydrogen) atoms. The number of ether oxygens (including phenoxy) is 2. The first-order valence-corrected chi connectivity index (χ1v) is 8.41. The predicted molar refractivity (Wildman–Crippen MR) is 81.6 cm³/mol. The van der Waals surface area contributed by atoms with Crippen LogP contribution < -0.4 is 14.2 Å². The molecule has 0 bridgehead atoms. The molecule has 0 aliphatic carbocycles. The summed E-state index contributed by atoms with van der Waals surface area (Å²) in [4.78, 5) is 10.7. The molecule has 0 saturated heterocycles. The lowest BCUT2D eigenvalue weighted by Crippen LogP contribution is -2.18. The first kappa shape index (κ1) is 17.0. The predicted octanol–water partition coefficient (Wildman–Crippen LogP) is 2.24. The Morgan fingerprint density at radius 3 is 2.40 bits per heavy atom. The minimum absolute atomic E-state index is 0.208. The Hall–Kier alpha value is -2.88. The zero-order valence-corrected chi connectivity index (χ0v) is 13.3. The molecule has 0 unspecified atom stereocenters. The summed E-state index contributed by atoms with van der Waals surface area (Å²) in [5, 5.41) is 8.86. The summed E-state index contributed by atoms with van der Waals surface area (Å²) in [5.74, 6) is -3.64. The summed E-state index contributed by atoms with van der Waals surface area (Å²) in [6.07, 6.45) is 0. The third-order valence-corrected chi connectivity index (χ3v) is 4.72. The Labute approximate surface area is 140 Å². The number of carboxylic acid groups (broad SMARTS) is 1. The lowest BCUT2D eigenvalue weighted by molar-refractivity contribution is 0.0692. The Morgan fingerprint density at radius 2 is 1.72 bits per heavy atom. The number of hydrogen-bond acceptors (Lipinski definition) is 5. The van der Waals surface area contributed by atoms with Gasteiger partial charge in [-0.1, -0.05) is 0 Å². The molecule has 7 nitrogen and oxygen atoms in total. The van der Waals surface area contributed by atoms with Crippen molar-refractivity contribution in [3.63, 3.8) is 0 Å². The van der Waals surface area contributed by atoms with Crippen molar-refractivity contribution in [1.29, 1.82) is 0 Å². The van der Waals surface area contributed by atoms with E-state index >= 15 is 0 Å². The Morgan fingerprint density at radius 1 is 1.04 bits per heavy atom. The van der Waals surface area contributed by atoms with Crippen molar-refractivity contribution >= 4 is 21.7 Å². The molecule has 0 fully saturated rings. The Kier molecular flexibility index (Phi) is 4.21. The van der Waals surface area contributed by atoms with Gasteiger partial charge in [-0.15, -0.1) is 0 Å². The van der Waals surface area contributed by atoms with Crippen molar-refractivity contribution in [3.8, 4) is 11.5 Å². The SMILES string of the molecule is O=C(O)c1cc(NS(=O)(=O)c2ccc3c(c2)OCCO3)c(F)cc1F. The van der Waals surface area contributed by atoms with Gasteiger partial charge in [0.15, 0.2) is 11.5 Å². The van der Waals surface area contributed by atoms with E-state index in [1.54, 1.807) is 0 Å². The Balaban J connectivity index is 1.97. The van der Waals surface area contributed by atoms with Crippen LogP contribution in [0.4, 0.5) is 14.5 Å². The highest BCUT2D eigenvalue weighted by Gasteiger charge is 2.22. The van der Waals surface area contributed by atoms with Crippen molar-refractivity contribution in [2.24, 2.45) is 0 Å². The standard InChI is InChI=1S/C15H11F2NO6S/c16-10-7-11(17)12(6-9(10)15(19)20)18-25(21,22)8-1-2-13-14(5-8)24-4-3-23-13/h1-2,5-7,18H,3-4H2,(H,19,20). The minimum Gasteiger partial charge on any atom is -0.486 e. The molecule has 0 radical (unpaired) electrons. The average molecular weight is 371 g/mol. The summed E-state index contributed by atoms with van der Waals surface area (Å²) in [5.41, 5.74) is -1.55. The largest absolute Gasteiger partial charge is 0.486 e. The van der Waals surface area contributed by atoms with Crippen LogP contribution in [0.2, 0.25) is 0 Å². The number of rotatable bonds is 4. The van der Waals surface area contributed by atoms with E-state index in [1.807, 2.05) is 4.72 Å². The fraction of sp³-hybridized carbons (Fsp3) is 0.133. The summed E-state index contributed by atoms with van der Waals surface area (Å²) in [7, 11) is -4.27. The van der Waals surface area contributed by atoms with Crippen LogP contribution in [0.15, 0.2) is 35.2 Å². The van der Waals surface area contributed by atoms with Gasteiger partial charge in [-0.3, -0.25) is 4.72 Å². The quantitative estimate of drug-likeness (QED) is 0.855. The number of nitrogens with one attached hydrogen (secondary N) is 1. The number of halogens is 2. The van der Waals surface area contributed by atoms with Crippen LogP contribution in [0, 0.1) is 11.6 Å². The van der Waals surface area contributed by atoms with Gasteiger partial charge in [-0.2, -0.15) is 0 Å². The molecule has 0 saturated carbocycles. The lowest BCUT2D eigenvalue weighted by Gasteiger charge is -2.19. The van der Waals surface area contributed by atoms with Gasteiger partial charge in [0.1, 0.15) is 24.8 Å². The molecule has 3 rings (SSSR count). The highest BCUT2D eigenvalue weighted by Crippen LogP contribution is 2.33. The van der Waals surface area contributed by atoms with Gasteiger partial charge in [-0.25, -0.2) is 22.0 Å². The molecule has 1 aliphatic rings. The Bertz CT molecular complexity index is 961. The maximum atomic E-state index is 13.8. The number of hydrogen-bond donors (Lipinski definition) is 2. The third kappa shape index (κ3) is 3.33. The maximum Gasteiger partial charge on any atom is 0.338 e. The van der Waals surface area contributed by atoms with E-state index in [0.29, 0.717) is 24.5 Å². The van der Waals surface area contributed by atoms with Crippen molar-refractivity contribution in [2.75, 3.05) is 17.9 Å². The molecule has 0 spiro atoms. The number of fused-ring (bicyclic) bond motifs is 1. The van der Waals surface area contributed by atoms with Crippen LogP contribution in [0.1, 0.15) is 10.4 Å². The van der Waals surface area contributed by atoms with E-state index in [-0.39, 0.29) is 17.3 Å². The number of anilines is 1. The van der Waals surface area contributed by atoms with Crippen molar-refractivity contribution in [2.45, 2.75) is 4.90 Å². The van der Waals surface area contributed by atoms with Gasteiger partial charge in [0.2, 0.25) is 0 Å². The minimum atomic E-state index is -4.27. The second-order valence-corrected chi connectivity index (χ2v) is 6.71. The molecule has 2 N–H and O–H groups in total. The summed E-state index contributed by atoms with van der Waals surface area (Å²) < 4.78 is 64.4. The summed E-state index contributed by atoms with van der Waals surface area (Å²) in [6, 6.07) is 4.66. The smallest absolute Gasteiger partial charge is 0.338 e. The van der Waals surface area contributed by atoms with E-state index in [4.69, 9.17) is 14.6 Å². The molecule has 0 atom stereocenters. The number of sulfonamides is 1. The molecular formula is C15H11F2NO6S. The number of carbonyl (C=O) groups is 1. The van der Waals surface area contributed by atoms with Crippen molar-refractivity contribution in [1.82, 2.24) is 0 Å². The van der Waals surface area contributed by atoms with Gasteiger partial charge in [0.05, 0.1) is 16.1 Å². The highest BCUT2D eigenvalue weighted by atomic mass is 32.2.